The zero-order valence-corrected chi connectivity index (χ0v) is 7.49. The molecule has 70 valence electrons. The van der Waals surface area contributed by atoms with Crippen LogP contribution in [0.4, 0.5) is 0 Å². The molecule has 12 heavy (non-hydrogen) atoms. The summed E-state index contributed by atoms with van der Waals surface area (Å²) in [6.45, 7) is 0.510. The number of primary amides is 1. The van der Waals surface area contributed by atoms with Crippen LogP contribution < -0.4 is 11.5 Å². The van der Waals surface area contributed by atoms with Gasteiger partial charge in [-0.25, -0.2) is 0 Å². The van der Waals surface area contributed by atoms with Crippen LogP contribution in [0.1, 0.15) is 19.3 Å². The Morgan fingerprint density at radius 2 is 2.25 bits per heavy atom. The van der Waals surface area contributed by atoms with E-state index in [0.29, 0.717) is 19.0 Å². The van der Waals surface area contributed by atoms with Crippen LogP contribution in [-0.2, 0) is 4.79 Å². The van der Waals surface area contributed by atoms with Crippen LogP contribution in [0.25, 0.3) is 0 Å². The van der Waals surface area contributed by atoms with E-state index in [9.17, 15) is 4.79 Å². The predicted molar refractivity (Wildman–Crippen MR) is 47.4 cm³/mol. The zero-order chi connectivity index (χ0) is 9.14. The van der Waals surface area contributed by atoms with Crippen molar-refractivity contribution in [2.24, 2.45) is 11.5 Å². The highest BCUT2D eigenvalue weighted by Crippen LogP contribution is 2.27. The Kier molecular flexibility index (Phi) is 3.05. The number of rotatable bonds is 5. The largest absolute Gasteiger partial charge is 0.370 e. The van der Waals surface area contributed by atoms with Gasteiger partial charge in [0.25, 0.3) is 0 Å². The number of amides is 1. The van der Waals surface area contributed by atoms with Crippen molar-refractivity contribution in [2.75, 3.05) is 13.6 Å². The van der Waals surface area contributed by atoms with Crippen molar-refractivity contribution in [3.05, 3.63) is 0 Å². The van der Waals surface area contributed by atoms with Crippen LogP contribution in [0.5, 0.6) is 0 Å². The van der Waals surface area contributed by atoms with Gasteiger partial charge in [0.2, 0.25) is 5.91 Å². The van der Waals surface area contributed by atoms with E-state index < -0.39 is 0 Å². The van der Waals surface area contributed by atoms with Crippen molar-refractivity contribution >= 4 is 5.91 Å². The average Bonchev–Trinajstić information content (AvgIpc) is 2.80. The monoisotopic (exact) mass is 171 g/mol. The molecule has 1 fully saturated rings. The molecule has 4 heteroatoms. The van der Waals surface area contributed by atoms with Gasteiger partial charge in [0, 0.05) is 25.0 Å². The molecule has 1 unspecified atom stereocenters. The number of carbonyl (C=O) groups is 1. The van der Waals surface area contributed by atoms with Gasteiger partial charge in [0.15, 0.2) is 0 Å². The summed E-state index contributed by atoms with van der Waals surface area (Å²) in [7, 11) is 2.01. The minimum Gasteiger partial charge on any atom is -0.370 e. The fourth-order valence-electron chi connectivity index (χ4n) is 1.41. The first kappa shape index (κ1) is 9.48. The Balaban J connectivity index is 2.36. The van der Waals surface area contributed by atoms with E-state index >= 15 is 0 Å². The fraction of sp³-hybridized carbons (Fsp3) is 0.875. The lowest BCUT2D eigenvalue weighted by atomic mass is 10.2. The minimum absolute atomic E-state index is 0.134. The van der Waals surface area contributed by atoms with Crippen molar-refractivity contribution in [1.82, 2.24) is 4.90 Å². The molecule has 0 aromatic heterocycles. The average molecular weight is 171 g/mol. The standard InChI is InChI=1S/C8H17N3O/c1-11(6-2-3-6)7(5-9)4-8(10)12/h6-7H,2-5,9H2,1H3,(H2,10,12). The molecule has 0 heterocycles. The third-order valence-corrected chi connectivity index (χ3v) is 2.41. The molecule has 1 amide bonds. The lowest BCUT2D eigenvalue weighted by Gasteiger charge is -2.25. The Morgan fingerprint density at radius 1 is 1.67 bits per heavy atom. The minimum atomic E-state index is -0.266. The second-order valence-corrected chi connectivity index (χ2v) is 3.46. The highest BCUT2D eigenvalue weighted by Gasteiger charge is 2.30. The molecule has 1 rings (SSSR count). The van der Waals surface area contributed by atoms with Gasteiger partial charge in [0.05, 0.1) is 0 Å². The Bertz CT molecular complexity index is 168. The maximum absolute atomic E-state index is 10.7. The summed E-state index contributed by atoms with van der Waals surface area (Å²) >= 11 is 0. The molecule has 0 saturated heterocycles. The molecule has 1 atom stereocenters. The molecule has 0 bridgehead atoms. The highest BCUT2D eigenvalue weighted by atomic mass is 16.1. The fourth-order valence-corrected chi connectivity index (χ4v) is 1.41. The molecule has 1 aliphatic carbocycles. The zero-order valence-electron chi connectivity index (χ0n) is 7.49. The SMILES string of the molecule is CN(C1CC1)C(CN)CC(N)=O. The van der Waals surface area contributed by atoms with Crippen molar-refractivity contribution < 1.29 is 4.79 Å². The van der Waals surface area contributed by atoms with Crippen molar-refractivity contribution in [1.29, 1.82) is 0 Å². The predicted octanol–water partition coefficient (Wildman–Crippen LogP) is -0.717. The van der Waals surface area contributed by atoms with Gasteiger partial charge >= 0.3 is 0 Å². The number of carbonyl (C=O) groups excluding carboxylic acids is 1. The van der Waals surface area contributed by atoms with Crippen molar-refractivity contribution in [2.45, 2.75) is 31.3 Å². The van der Waals surface area contributed by atoms with E-state index in [1.165, 1.54) is 12.8 Å². The van der Waals surface area contributed by atoms with E-state index in [1.54, 1.807) is 0 Å². The first-order chi connectivity index (χ1) is 5.65. The van der Waals surface area contributed by atoms with Gasteiger partial charge in [-0.2, -0.15) is 0 Å². The molecule has 0 aromatic carbocycles. The maximum Gasteiger partial charge on any atom is 0.219 e. The van der Waals surface area contributed by atoms with Gasteiger partial charge < -0.3 is 11.5 Å². The smallest absolute Gasteiger partial charge is 0.219 e. The normalized spacial score (nSPS) is 19.6. The number of nitrogens with zero attached hydrogens (tertiary/aromatic N) is 1. The first-order valence-corrected chi connectivity index (χ1v) is 4.35. The summed E-state index contributed by atoms with van der Waals surface area (Å²) in [5, 5.41) is 0. The van der Waals surface area contributed by atoms with Gasteiger partial charge in [-0.3, -0.25) is 9.69 Å². The summed E-state index contributed by atoms with van der Waals surface area (Å²) in [6, 6.07) is 0.771. The summed E-state index contributed by atoms with van der Waals surface area (Å²) < 4.78 is 0. The Morgan fingerprint density at radius 3 is 2.58 bits per heavy atom. The van der Waals surface area contributed by atoms with Crippen LogP contribution in [0, 0.1) is 0 Å². The first-order valence-electron chi connectivity index (χ1n) is 4.35. The summed E-state index contributed by atoms with van der Waals surface area (Å²) in [4.78, 5) is 12.8. The van der Waals surface area contributed by atoms with Gasteiger partial charge in [-0.05, 0) is 19.9 Å². The number of nitrogens with two attached hydrogens (primary N) is 2. The Labute approximate surface area is 72.9 Å². The van der Waals surface area contributed by atoms with Crippen LogP contribution in [0.15, 0.2) is 0 Å². The molecule has 0 aromatic rings. The van der Waals surface area contributed by atoms with Crippen LogP contribution in [-0.4, -0.2) is 36.5 Å². The third kappa shape index (κ3) is 2.46. The molecule has 0 radical (unpaired) electrons. The van der Waals surface area contributed by atoms with Crippen molar-refractivity contribution in [3.63, 3.8) is 0 Å². The van der Waals surface area contributed by atoms with Crippen LogP contribution >= 0.6 is 0 Å². The lowest BCUT2D eigenvalue weighted by molar-refractivity contribution is -0.119. The van der Waals surface area contributed by atoms with Crippen LogP contribution in [0.2, 0.25) is 0 Å². The second kappa shape index (κ2) is 3.87. The molecular weight excluding hydrogens is 154 g/mol. The van der Waals surface area contributed by atoms with E-state index in [-0.39, 0.29) is 11.9 Å². The van der Waals surface area contributed by atoms with E-state index in [0.717, 1.165) is 0 Å². The summed E-state index contributed by atoms with van der Waals surface area (Å²) in [6.07, 6.45) is 2.83. The summed E-state index contributed by atoms with van der Waals surface area (Å²) in [5.74, 6) is -0.266. The molecule has 4 N–H and O–H groups in total. The molecular formula is C8H17N3O. The van der Waals surface area contributed by atoms with Gasteiger partial charge in [-0.1, -0.05) is 0 Å². The van der Waals surface area contributed by atoms with Gasteiger partial charge in [0.1, 0.15) is 0 Å². The summed E-state index contributed by atoms with van der Waals surface area (Å²) in [5.41, 5.74) is 10.6. The molecule has 0 aliphatic heterocycles. The van der Waals surface area contributed by atoms with Crippen LogP contribution in [0.3, 0.4) is 0 Å². The van der Waals surface area contributed by atoms with Crippen molar-refractivity contribution in [3.8, 4) is 0 Å². The quantitative estimate of drug-likeness (QED) is 0.573. The number of hydrogen-bond donors (Lipinski definition) is 2. The molecule has 4 nitrogen and oxygen atoms in total. The third-order valence-electron chi connectivity index (χ3n) is 2.41. The topological polar surface area (TPSA) is 72.3 Å². The molecule has 0 spiro atoms. The van der Waals surface area contributed by atoms with Gasteiger partial charge in [-0.15, -0.1) is 0 Å². The number of hydrogen-bond acceptors (Lipinski definition) is 3. The number of likely N-dealkylation sites (N-methyl/N-ethyl adjacent to an activating group) is 1. The molecule has 1 saturated carbocycles. The Hall–Kier alpha value is -0.610. The van der Waals surface area contributed by atoms with E-state index in [1.807, 2.05) is 7.05 Å². The molecule has 1 aliphatic rings. The lowest BCUT2D eigenvalue weighted by Crippen LogP contribution is -2.41. The highest BCUT2D eigenvalue weighted by molar-refractivity contribution is 5.74. The maximum atomic E-state index is 10.7. The van der Waals surface area contributed by atoms with E-state index in [4.69, 9.17) is 11.5 Å². The second-order valence-electron chi connectivity index (χ2n) is 3.46. The van der Waals surface area contributed by atoms with E-state index in [2.05, 4.69) is 4.90 Å².